The van der Waals surface area contributed by atoms with E-state index in [1.807, 2.05) is 13.8 Å². The maximum absolute atomic E-state index is 9.60. The van der Waals surface area contributed by atoms with Crippen LogP contribution in [0.1, 0.15) is 26.7 Å². The second-order valence-corrected chi connectivity index (χ2v) is 4.35. The summed E-state index contributed by atoms with van der Waals surface area (Å²) in [6.07, 6.45) is 0.844. The first-order valence-corrected chi connectivity index (χ1v) is 6.27. The van der Waals surface area contributed by atoms with Crippen LogP contribution in [0.15, 0.2) is 0 Å². The number of aliphatic hydroxyl groups is 2. The minimum absolute atomic E-state index is 0.0136. The summed E-state index contributed by atoms with van der Waals surface area (Å²) in [5, 5.41) is 22.1. The molecule has 3 N–H and O–H groups in total. The second kappa shape index (κ2) is 10.9. The van der Waals surface area contributed by atoms with Gasteiger partial charge in [0.1, 0.15) is 0 Å². The van der Waals surface area contributed by atoms with Gasteiger partial charge in [-0.05, 0) is 13.3 Å². The molecular weight excluding hydrogens is 222 g/mol. The molecule has 5 heteroatoms. The first kappa shape index (κ1) is 16.8. The predicted molar refractivity (Wildman–Crippen MR) is 67.1 cm³/mol. The highest BCUT2D eigenvalue weighted by Gasteiger charge is 2.09. The highest BCUT2D eigenvalue weighted by molar-refractivity contribution is 4.63. The van der Waals surface area contributed by atoms with Gasteiger partial charge in [0.25, 0.3) is 0 Å². The lowest BCUT2D eigenvalue weighted by Crippen LogP contribution is -2.36. The highest BCUT2D eigenvalue weighted by Crippen LogP contribution is 1.95. The topological polar surface area (TPSA) is 71.0 Å². The molecule has 0 radical (unpaired) electrons. The molecule has 0 aliphatic rings. The Morgan fingerprint density at radius 1 is 1.12 bits per heavy atom. The van der Waals surface area contributed by atoms with E-state index in [0.29, 0.717) is 19.7 Å². The van der Waals surface area contributed by atoms with E-state index in [1.54, 1.807) is 7.11 Å². The first-order valence-electron chi connectivity index (χ1n) is 6.27. The zero-order valence-electron chi connectivity index (χ0n) is 11.2. The number of nitrogens with one attached hydrogen (secondary N) is 1. The van der Waals surface area contributed by atoms with Crippen LogP contribution in [-0.2, 0) is 9.47 Å². The minimum Gasteiger partial charge on any atom is -0.392 e. The van der Waals surface area contributed by atoms with E-state index in [9.17, 15) is 10.2 Å². The van der Waals surface area contributed by atoms with Crippen molar-refractivity contribution < 1.29 is 19.7 Å². The lowest BCUT2D eigenvalue weighted by molar-refractivity contribution is -0.0315. The molecule has 0 bridgehead atoms. The van der Waals surface area contributed by atoms with Crippen LogP contribution in [0.4, 0.5) is 0 Å². The van der Waals surface area contributed by atoms with Crippen molar-refractivity contribution in [2.24, 2.45) is 0 Å². The first-order chi connectivity index (χ1) is 8.10. The highest BCUT2D eigenvalue weighted by atomic mass is 16.5. The van der Waals surface area contributed by atoms with E-state index in [2.05, 4.69) is 5.32 Å². The molecule has 0 aromatic heterocycles. The van der Waals surface area contributed by atoms with Gasteiger partial charge in [-0.25, -0.2) is 0 Å². The Morgan fingerprint density at radius 2 is 1.76 bits per heavy atom. The van der Waals surface area contributed by atoms with E-state index in [4.69, 9.17) is 9.47 Å². The van der Waals surface area contributed by atoms with Gasteiger partial charge in [-0.2, -0.15) is 0 Å². The van der Waals surface area contributed by atoms with Crippen molar-refractivity contribution >= 4 is 0 Å². The van der Waals surface area contributed by atoms with Gasteiger partial charge in [0.2, 0.25) is 0 Å². The Hall–Kier alpha value is -0.200. The van der Waals surface area contributed by atoms with Crippen molar-refractivity contribution in [1.29, 1.82) is 0 Å². The van der Waals surface area contributed by atoms with Crippen molar-refractivity contribution in [2.45, 2.75) is 45.0 Å². The molecule has 17 heavy (non-hydrogen) atoms. The standard InChI is InChI=1S/C12H27NO4/c1-4-5-11(14)6-13-7-12(15)9-17-10(2)8-16-3/h10-15H,4-9H2,1-3H3. The Labute approximate surface area is 104 Å². The fourth-order valence-electron chi connectivity index (χ4n) is 1.47. The summed E-state index contributed by atoms with van der Waals surface area (Å²) in [5.41, 5.74) is 0. The number of rotatable bonds is 11. The van der Waals surface area contributed by atoms with Crippen LogP contribution in [0, 0.1) is 0 Å². The molecule has 0 heterocycles. The van der Waals surface area contributed by atoms with E-state index in [1.165, 1.54) is 0 Å². The van der Waals surface area contributed by atoms with Gasteiger partial charge in [0, 0.05) is 20.2 Å². The lowest BCUT2D eigenvalue weighted by Gasteiger charge is -2.17. The third-order valence-electron chi connectivity index (χ3n) is 2.36. The Kier molecular flexibility index (Phi) is 10.8. The monoisotopic (exact) mass is 249 g/mol. The van der Waals surface area contributed by atoms with Gasteiger partial charge in [0.15, 0.2) is 0 Å². The smallest absolute Gasteiger partial charge is 0.0897 e. The summed E-state index contributed by atoms with van der Waals surface area (Å²) >= 11 is 0. The van der Waals surface area contributed by atoms with Crippen LogP contribution in [0.2, 0.25) is 0 Å². The van der Waals surface area contributed by atoms with Crippen LogP contribution >= 0.6 is 0 Å². The summed E-state index contributed by atoms with van der Waals surface area (Å²) in [5.74, 6) is 0. The normalized spacial score (nSPS) is 16.8. The number of methoxy groups -OCH3 is 1. The second-order valence-electron chi connectivity index (χ2n) is 4.35. The molecule has 0 saturated heterocycles. The predicted octanol–water partition coefficient (Wildman–Crippen LogP) is 0.149. The Morgan fingerprint density at radius 3 is 2.35 bits per heavy atom. The fourth-order valence-corrected chi connectivity index (χ4v) is 1.47. The zero-order valence-corrected chi connectivity index (χ0v) is 11.2. The maximum atomic E-state index is 9.60. The number of aliphatic hydroxyl groups excluding tert-OH is 2. The fraction of sp³-hybridized carbons (Fsp3) is 1.00. The average Bonchev–Trinajstić information content (AvgIpc) is 2.27. The molecule has 0 amide bonds. The van der Waals surface area contributed by atoms with E-state index < -0.39 is 6.10 Å². The van der Waals surface area contributed by atoms with Crippen molar-refractivity contribution in [3.05, 3.63) is 0 Å². The van der Waals surface area contributed by atoms with Gasteiger partial charge >= 0.3 is 0 Å². The summed E-state index contributed by atoms with van der Waals surface area (Å²) in [4.78, 5) is 0. The van der Waals surface area contributed by atoms with Gasteiger partial charge in [-0.1, -0.05) is 13.3 Å². The molecule has 0 rings (SSSR count). The molecule has 0 saturated carbocycles. The van der Waals surface area contributed by atoms with Crippen LogP contribution in [-0.4, -0.2) is 61.9 Å². The van der Waals surface area contributed by atoms with Crippen molar-refractivity contribution in [3.63, 3.8) is 0 Å². The number of ether oxygens (including phenoxy) is 2. The quantitative estimate of drug-likeness (QED) is 0.486. The summed E-state index contributed by atoms with van der Waals surface area (Å²) < 4.78 is 10.3. The molecular formula is C12H27NO4. The van der Waals surface area contributed by atoms with Crippen molar-refractivity contribution in [2.75, 3.05) is 33.4 Å². The largest absolute Gasteiger partial charge is 0.392 e. The molecule has 0 aliphatic carbocycles. The minimum atomic E-state index is -0.553. The van der Waals surface area contributed by atoms with E-state index in [-0.39, 0.29) is 18.8 Å². The van der Waals surface area contributed by atoms with E-state index in [0.717, 1.165) is 12.8 Å². The molecule has 0 aliphatic heterocycles. The molecule has 0 spiro atoms. The van der Waals surface area contributed by atoms with Gasteiger partial charge in [-0.15, -0.1) is 0 Å². The molecule has 3 unspecified atom stereocenters. The van der Waals surface area contributed by atoms with Crippen LogP contribution in [0.5, 0.6) is 0 Å². The summed E-state index contributed by atoms with van der Waals surface area (Å²) in [6.45, 7) is 5.67. The van der Waals surface area contributed by atoms with Gasteiger partial charge in [-0.3, -0.25) is 0 Å². The third-order valence-corrected chi connectivity index (χ3v) is 2.36. The third kappa shape index (κ3) is 10.7. The summed E-state index contributed by atoms with van der Waals surface area (Å²) in [7, 11) is 1.62. The average molecular weight is 249 g/mol. The number of hydrogen-bond donors (Lipinski definition) is 3. The van der Waals surface area contributed by atoms with E-state index >= 15 is 0 Å². The lowest BCUT2D eigenvalue weighted by atomic mass is 10.2. The van der Waals surface area contributed by atoms with Crippen molar-refractivity contribution in [1.82, 2.24) is 5.32 Å². The molecule has 3 atom stereocenters. The van der Waals surface area contributed by atoms with Crippen LogP contribution in [0.25, 0.3) is 0 Å². The molecule has 0 fully saturated rings. The molecule has 0 aromatic rings. The Bertz CT molecular complexity index is 169. The van der Waals surface area contributed by atoms with Crippen LogP contribution < -0.4 is 5.32 Å². The zero-order chi connectivity index (χ0) is 13.1. The summed E-state index contributed by atoms with van der Waals surface area (Å²) in [6, 6.07) is 0. The Balaban J connectivity index is 3.42. The number of hydrogen-bond acceptors (Lipinski definition) is 5. The van der Waals surface area contributed by atoms with Crippen LogP contribution in [0.3, 0.4) is 0 Å². The maximum Gasteiger partial charge on any atom is 0.0897 e. The van der Waals surface area contributed by atoms with Gasteiger partial charge < -0.3 is 25.0 Å². The SMILES string of the molecule is CCCC(O)CNCC(O)COC(C)COC. The molecule has 104 valence electrons. The van der Waals surface area contributed by atoms with Gasteiger partial charge in [0.05, 0.1) is 31.5 Å². The molecule has 0 aromatic carbocycles. The molecule has 5 nitrogen and oxygen atoms in total. The van der Waals surface area contributed by atoms with Crippen molar-refractivity contribution in [3.8, 4) is 0 Å².